The van der Waals surface area contributed by atoms with Crippen molar-refractivity contribution in [2.75, 3.05) is 45.6 Å². The van der Waals surface area contributed by atoms with Gasteiger partial charge in [-0.25, -0.2) is 13.5 Å². The fourth-order valence-corrected chi connectivity index (χ4v) is 2.24. The summed E-state index contributed by atoms with van der Waals surface area (Å²) in [4.78, 5) is 1.99. The van der Waals surface area contributed by atoms with Crippen LogP contribution in [0.25, 0.3) is 0 Å². The topological polar surface area (TPSA) is 60.5 Å². The largest absolute Gasteiger partial charge is 0.298 e. The molecular formula is C7H15N2O3S. The van der Waals surface area contributed by atoms with E-state index in [4.69, 9.17) is 0 Å². The van der Waals surface area contributed by atoms with Crippen molar-refractivity contribution in [1.29, 1.82) is 0 Å². The van der Waals surface area contributed by atoms with Gasteiger partial charge in [-0.1, -0.05) is 0 Å². The molecule has 77 valence electrons. The molecule has 0 amide bonds. The number of piperazine rings is 1. The maximum atomic E-state index is 11.1. The maximum Gasteiger partial charge on any atom is 0.211 e. The fraction of sp³-hybridized carbons (Fsp3) is 1.00. The van der Waals surface area contributed by atoms with Crippen LogP contribution in [0.3, 0.4) is 0 Å². The lowest BCUT2D eigenvalue weighted by Gasteiger charge is -2.32. The van der Waals surface area contributed by atoms with Crippen LogP contribution < -0.4 is 0 Å². The Balaban J connectivity index is 2.39. The molecule has 0 aliphatic carbocycles. The molecule has 0 aromatic carbocycles. The summed E-state index contributed by atoms with van der Waals surface area (Å²) < 4.78 is 23.6. The summed E-state index contributed by atoms with van der Waals surface area (Å²) in [6, 6.07) is 0. The molecule has 0 aromatic heterocycles. The van der Waals surface area contributed by atoms with Gasteiger partial charge in [0.1, 0.15) is 0 Å². The minimum absolute atomic E-state index is 0.112. The van der Waals surface area contributed by atoms with Gasteiger partial charge in [0, 0.05) is 32.7 Å². The summed E-state index contributed by atoms with van der Waals surface area (Å²) in [7, 11) is -3.04. The van der Waals surface area contributed by atoms with Crippen LogP contribution in [0.15, 0.2) is 0 Å². The van der Waals surface area contributed by atoms with Gasteiger partial charge in [0.25, 0.3) is 0 Å². The van der Waals surface area contributed by atoms with Gasteiger partial charge in [-0.05, 0) is 0 Å². The molecule has 0 unspecified atom stereocenters. The lowest BCUT2D eigenvalue weighted by atomic mass is 10.4. The molecule has 0 N–H and O–H groups in total. The fourth-order valence-electron chi connectivity index (χ4n) is 1.41. The van der Waals surface area contributed by atoms with Crippen molar-refractivity contribution in [3.8, 4) is 0 Å². The Labute approximate surface area is 79.0 Å². The molecule has 0 aromatic rings. The second kappa shape index (κ2) is 4.36. The molecule has 0 atom stereocenters. The Morgan fingerprint density at radius 3 is 2.08 bits per heavy atom. The van der Waals surface area contributed by atoms with Crippen molar-refractivity contribution >= 4 is 10.0 Å². The van der Waals surface area contributed by atoms with E-state index in [1.54, 1.807) is 0 Å². The third kappa shape index (κ3) is 3.22. The molecule has 1 rings (SSSR count). The highest BCUT2D eigenvalue weighted by Crippen LogP contribution is 2.04. The minimum atomic E-state index is -3.04. The zero-order valence-electron chi connectivity index (χ0n) is 7.77. The molecule has 1 fully saturated rings. The Hall–Kier alpha value is -0.170. The third-order valence-corrected chi connectivity index (χ3v) is 3.51. The van der Waals surface area contributed by atoms with Gasteiger partial charge in [0.15, 0.2) is 0 Å². The smallest absolute Gasteiger partial charge is 0.211 e. The molecule has 13 heavy (non-hydrogen) atoms. The molecule has 6 heteroatoms. The second-order valence-corrected chi connectivity index (χ2v) is 5.19. The van der Waals surface area contributed by atoms with E-state index in [0.29, 0.717) is 32.7 Å². The normalized spacial score (nSPS) is 22.0. The van der Waals surface area contributed by atoms with Crippen LogP contribution in [0, 0.1) is 0 Å². The van der Waals surface area contributed by atoms with E-state index in [2.05, 4.69) is 0 Å². The predicted octanol–water partition coefficient (Wildman–Crippen LogP) is -1.01. The van der Waals surface area contributed by atoms with Crippen molar-refractivity contribution in [1.82, 2.24) is 9.21 Å². The van der Waals surface area contributed by atoms with E-state index in [0.717, 1.165) is 0 Å². The van der Waals surface area contributed by atoms with Crippen LogP contribution in [0.5, 0.6) is 0 Å². The van der Waals surface area contributed by atoms with Gasteiger partial charge in [-0.3, -0.25) is 4.90 Å². The van der Waals surface area contributed by atoms with E-state index >= 15 is 0 Å². The van der Waals surface area contributed by atoms with Gasteiger partial charge < -0.3 is 0 Å². The number of hydrogen-bond donors (Lipinski definition) is 0. The summed E-state index contributed by atoms with van der Waals surface area (Å²) in [5.74, 6) is 0. The molecule has 0 spiro atoms. The zero-order chi connectivity index (χ0) is 9.90. The molecule has 5 nitrogen and oxygen atoms in total. The van der Waals surface area contributed by atoms with Gasteiger partial charge in [0.2, 0.25) is 10.0 Å². The Morgan fingerprint density at radius 2 is 1.69 bits per heavy atom. The van der Waals surface area contributed by atoms with Crippen LogP contribution in [0.2, 0.25) is 0 Å². The maximum absolute atomic E-state index is 11.1. The summed E-state index contributed by atoms with van der Waals surface area (Å²) in [6.07, 6.45) is 1.22. The summed E-state index contributed by atoms with van der Waals surface area (Å²) in [5.41, 5.74) is 0. The monoisotopic (exact) mass is 207 g/mol. The standard InChI is InChI=1S/C7H15N2O3S/c1-13(11,12)9-4-2-8(3-5-9)6-7-10/h2-7H2,1H3. The number of rotatable bonds is 3. The van der Waals surface area contributed by atoms with Crippen molar-refractivity contribution < 1.29 is 13.5 Å². The predicted molar refractivity (Wildman–Crippen MR) is 48.4 cm³/mol. The first-order valence-electron chi connectivity index (χ1n) is 4.29. The second-order valence-electron chi connectivity index (χ2n) is 3.21. The first kappa shape index (κ1) is 10.9. The van der Waals surface area contributed by atoms with Crippen LogP contribution in [-0.2, 0) is 15.1 Å². The van der Waals surface area contributed by atoms with Crippen LogP contribution in [-0.4, -0.2) is 63.2 Å². The number of sulfonamides is 1. The highest BCUT2D eigenvalue weighted by atomic mass is 32.2. The quantitative estimate of drug-likeness (QED) is 0.596. The van der Waals surface area contributed by atoms with E-state index in [1.807, 2.05) is 4.90 Å². The van der Waals surface area contributed by atoms with Crippen molar-refractivity contribution in [2.24, 2.45) is 0 Å². The Morgan fingerprint density at radius 1 is 1.15 bits per heavy atom. The highest BCUT2D eigenvalue weighted by molar-refractivity contribution is 7.88. The molecule has 1 heterocycles. The van der Waals surface area contributed by atoms with Crippen LogP contribution in [0.1, 0.15) is 0 Å². The lowest BCUT2D eigenvalue weighted by Crippen LogP contribution is -2.48. The summed E-state index contributed by atoms with van der Waals surface area (Å²) >= 11 is 0. The Kier molecular flexibility index (Phi) is 3.66. The first-order valence-corrected chi connectivity index (χ1v) is 6.14. The van der Waals surface area contributed by atoms with Crippen molar-refractivity contribution in [2.45, 2.75) is 0 Å². The number of hydrogen-bond acceptors (Lipinski definition) is 3. The molecular weight excluding hydrogens is 192 g/mol. The Bertz CT molecular complexity index is 244. The van der Waals surface area contributed by atoms with E-state index in [9.17, 15) is 13.5 Å². The van der Waals surface area contributed by atoms with Crippen LogP contribution in [0.4, 0.5) is 0 Å². The molecule has 0 saturated carbocycles. The number of nitrogens with zero attached hydrogens (tertiary/aromatic N) is 2. The highest BCUT2D eigenvalue weighted by Gasteiger charge is 2.22. The molecule has 0 bridgehead atoms. The zero-order valence-corrected chi connectivity index (χ0v) is 8.59. The molecule has 1 radical (unpaired) electrons. The SMILES string of the molecule is CS(=O)(=O)N1CCN(CC[O])CC1. The lowest BCUT2D eigenvalue weighted by molar-refractivity contribution is 0.117. The van der Waals surface area contributed by atoms with Gasteiger partial charge >= 0.3 is 0 Å². The van der Waals surface area contributed by atoms with Crippen molar-refractivity contribution in [3.05, 3.63) is 0 Å². The summed E-state index contributed by atoms with van der Waals surface area (Å²) in [6.45, 7) is 2.79. The van der Waals surface area contributed by atoms with Gasteiger partial charge in [0.05, 0.1) is 12.9 Å². The molecule has 1 saturated heterocycles. The minimum Gasteiger partial charge on any atom is -0.298 e. The first-order chi connectivity index (χ1) is 6.04. The van der Waals surface area contributed by atoms with Crippen LogP contribution >= 0.6 is 0 Å². The molecule has 1 aliphatic rings. The average Bonchev–Trinajstić information content (AvgIpc) is 2.04. The molecule has 1 aliphatic heterocycles. The van der Waals surface area contributed by atoms with E-state index in [-0.39, 0.29) is 6.61 Å². The van der Waals surface area contributed by atoms with Gasteiger partial charge in [-0.2, -0.15) is 4.31 Å². The summed E-state index contributed by atoms with van der Waals surface area (Å²) in [5, 5.41) is 10.3. The van der Waals surface area contributed by atoms with Crippen molar-refractivity contribution in [3.63, 3.8) is 0 Å². The third-order valence-electron chi connectivity index (χ3n) is 2.21. The van der Waals surface area contributed by atoms with E-state index in [1.165, 1.54) is 10.6 Å². The van der Waals surface area contributed by atoms with E-state index < -0.39 is 10.0 Å². The average molecular weight is 207 g/mol. The van der Waals surface area contributed by atoms with Gasteiger partial charge in [-0.15, -0.1) is 0 Å².